The van der Waals surface area contributed by atoms with Crippen molar-refractivity contribution in [3.05, 3.63) is 113 Å². The predicted octanol–water partition coefficient (Wildman–Crippen LogP) is 8.20. The summed E-state index contributed by atoms with van der Waals surface area (Å²) < 4.78 is 35.1. The first-order valence-electron chi connectivity index (χ1n) is 21.1. The molecule has 3 aliphatic carbocycles. The Hall–Kier alpha value is -4.58. The Bertz CT molecular complexity index is 1950. The van der Waals surface area contributed by atoms with Gasteiger partial charge < -0.3 is 34.2 Å². The number of ether oxygens (including phenoxy) is 3. The van der Waals surface area contributed by atoms with Gasteiger partial charge in [-0.1, -0.05) is 48.3 Å². The molecule has 0 bridgehead atoms. The Morgan fingerprint density at radius 3 is 2.55 bits per heavy atom. The molecule has 2 N–H and O–H groups in total. The Labute approximate surface area is 341 Å². The standard InChI is InChI=1S/C47H58FN3O7/c1-4-25-56-47-43(51(46(54)33-17-18-33)29-32-15-19-35(48)20-16-32)28-41(50-57-5-2)39-26-34(12-6-8-23-52)38(14-7-9-24-53)44(45(39)47)40-27-37(21-22-42(40)58-47)55-30-36-13-10-11-31(3)49-36/h4,10-11,13,15-16,19-22,26-27,33-34,38,43-45,52-53H,1,5-9,12,14,17-18,23-25,28-30H2,2-3H3/t34-,38+,43-,44+,45+,47+/m0/s1. The molecule has 1 aromatic heterocycles. The van der Waals surface area contributed by atoms with Crippen LogP contribution < -0.4 is 9.47 Å². The average molecular weight is 796 g/mol. The van der Waals surface area contributed by atoms with Crippen molar-refractivity contribution in [2.45, 2.75) is 103 Å². The van der Waals surface area contributed by atoms with Crippen molar-refractivity contribution in [3.8, 4) is 11.5 Å². The van der Waals surface area contributed by atoms with E-state index in [9.17, 15) is 19.4 Å². The zero-order valence-electron chi connectivity index (χ0n) is 33.9. The average Bonchev–Trinajstić information content (AvgIpc) is 4.09. The van der Waals surface area contributed by atoms with Gasteiger partial charge in [-0.05, 0) is 118 Å². The number of carbonyl (C=O) groups is 1. The van der Waals surface area contributed by atoms with Crippen molar-refractivity contribution >= 4 is 11.6 Å². The van der Waals surface area contributed by atoms with Crippen LogP contribution in [0.15, 0.2) is 90.1 Å². The maximum Gasteiger partial charge on any atom is 0.239 e. The molecule has 310 valence electrons. The van der Waals surface area contributed by atoms with E-state index in [4.69, 9.17) is 24.2 Å². The van der Waals surface area contributed by atoms with Crippen LogP contribution in [-0.2, 0) is 27.5 Å². The highest BCUT2D eigenvalue weighted by molar-refractivity contribution is 6.03. The summed E-state index contributed by atoms with van der Waals surface area (Å²) in [5, 5.41) is 24.6. The number of aromatic nitrogens is 1. The minimum atomic E-state index is -1.37. The van der Waals surface area contributed by atoms with Gasteiger partial charge in [0.25, 0.3) is 0 Å². The third-order valence-electron chi connectivity index (χ3n) is 12.1. The number of carbonyl (C=O) groups excluding carboxylic acids is 1. The molecule has 10 nitrogen and oxygen atoms in total. The van der Waals surface area contributed by atoms with Gasteiger partial charge in [0.05, 0.1) is 23.9 Å². The SMILES string of the molecule is C=CCO[C@@]12Oc3ccc(OCc4cccc(C)n4)cc3[C@H]3[C@H](CCCCO)[C@@H](CCCCO)C=C(C(=NOCC)C[C@@H]1N(Cc1ccc(F)cc1)C(=O)C1CC1)[C@H]32. The monoisotopic (exact) mass is 795 g/mol. The highest BCUT2D eigenvalue weighted by atomic mass is 19.1. The third-order valence-corrected chi connectivity index (χ3v) is 12.1. The van der Waals surface area contributed by atoms with E-state index in [-0.39, 0.29) is 61.8 Å². The molecular formula is C47H58FN3O7. The normalized spacial score (nSPS) is 25.2. The lowest BCUT2D eigenvalue weighted by molar-refractivity contribution is -0.258. The minimum Gasteiger partial charge on any atom is -0.487 e. The van der Waals surface area contributed by atoms with Gasteiger partial charge in [0.2, 0.25) is 11.7 Å². The van der Waals surface area contributed by atoms with E-state index in [2.05, 4.69) is 23.7 Å². The summed E-state index contributed by atoms with van der Waals surface area (Å²) in [5.41, 5.74) is 5.25. The molecular weight excluding hydrogens is 738 g/mol. The number of amides is 1. The second kappa shape index (κ2) is 19.0. The second-order valence-corrected chi connectivity index (χ2v) is 16.1. The van der Waals surface area contributed by atoms with Gasteiger partial charge >= 0.3 is 0 Å². The predicted molar refractivity (Wildman–Crippen MR) is 220 cm³/mol. The Kier molecular flexibility index (Phi) is 13.6. The number of halogens is 1. The maximum atomic E-state index is 14.6. The first kappa shape index (κ1) is 41.6. The van der Waals surface area contributed by atoms with Crippen LogP contribution in [0.4, 0.5) is 4.39 Å². The number of aliphatic hydroxyl groups excluding tert-OH is 2. The molecule has 0 radical (unpaired) electrons. The minimum absolute atomic E-state index is 0.00994. The first-order chi connectivity index (χ1) is 28.3. The number of oxime groups is 1. The zero-order valence-corrected chi connectivity index (χ0v) is 33.9. The maximum absolute atomic E-state index is 14.6. The number of aryl methyl sites for hydroxylation is 1. The summed E-state index contributed by atoms with van der Waals surface area (Å²) in [6, 6.07) is 17.5. The van der Waals surface area contributed by atoms with Crippen molar-refractivity contribution in [3.63, 3.8) is 0 Å². The molecule has 0 unspecified atom stereocenters. The van der Waals surface area contributed by atoms with Crippen LogP contribution in [0, 0.1) is 36.4 Å². The summed E-state index contributed by atoms with van der Waals surface area (Å²) in [4.78, 5) is 27.0. The van der Waals surface area contributed by atoms with Crippen LogP contribution in [-0.4, -0.2) is 70.0 Å². The van der Waals surface area contributed by atoms with E-state index in [1.54, 1.807) is 18.2 Å². The number of hydrogen-bond acceptors (Lipinski definition) is 9. The van der Waals surface area contributed by atoms with Gasteiger partial charge in [0, 0.05) is 49.3 Å². The molecule has 6 atom stereocenters. The molecule has 3 aromatic rings. The van der Waals surface area contributed by atoms with Crippen molar-refractivity contribution < 1.29 is 38.4 Å². The number of aliphatic hydroxyl groups is 2. The zero-order chi connectivity index (χ0) is 40.6. The molecule has 2 saturated carbocycles. The number of nitrogens with zero attached hydrogens (tertiary/aromatic N) is 3. The summed E-state index contributed by atoms with van der Waals surface area (Å²) in [6.07, 6.45) is 10.7. The number of hydrogen-bond donors (Lipinski definition) is 2. The molecule has 0 saturated heterocycles. The molecule has 2 heterocycles. The third kappa shape index (κ3) is 9.01. The van der Waals surface area contributed by atoms with E-state index in [0.29, 0.717) is 44.0 Å². The summed E-state index contributed by atoms with van der Waals surface area (Å²) >= 11 is 0. The molecule has 4 aliphatic rings. The Balaban J connectivity index is 1.42. The van der Waals surface area contributed by atoms with E-state index < -0.39 is 17.7 Å². The number of fused-ring (bicyclic) bond motifs is 2. The summed E-state index contributed by atoms with van der Waals surface area (Å²) in [5.74, 6) is -0.894. The lowest BCUT2D eigenvalue weighted by Gasteiger charge is -2.60. The molecule has 58 heavy (non-hydrogen) atoms. The number of unbranched alkanes of at least 4 members (excludes halogenated alkanes) is 2. The second-order valence-electron chi connectivity index (χ2n) is 16.1. The van der Waals surface area contributed by atoms with Gasteiger partial charge in [-0.25, -0.2) is 4.39 Å². The van der Waals surface area contributed by atoms with Crippen LogP contribution in [0.5, 0.6) is 11.5 Å². The fourth-order valence-corrected chi connectivity index (χ4v) is 9.41. The highest BCUT2D eigenvalue weighted by Crippen LogP contribution is 2.62. The fourth-order valence-electron chi connectivity index (χ4n) is 9.41. The first-order valence-corrected chi connectivity index (χ1v) is 21.1. The van der Waals surface area contributed by atoms with E-state index in [1.807, 2.05) is 49.1 Å². The van der Waals surface area contributed by atoms with Gasteiger partial charge in [0.1, 0.15) is 36.6 Å². The molecule has 2 fully saturated rings. The fraction of sp³-hybridized carbons (Fsp3) is 0.511. The van der Waals surface area contributed by atoms with Crippen molar-refractivity contribution in [1.29, 1.82) is 0 Å². The topological polar surface area (TPSA) is 123 Å². The molecule has 7 rings (SSSR count). The smallest absolute Gasteiger partial charge is 0.239 e. The van der Waals surface area contributed by atoms with Crippen LogP contribution in [0.25, 0.3) is 0 Å². The molecule has 2 aromatic carbocycles. The van der Waals surface area contributed by atoms with E-state index >= 15 is 0 Å². The van der Waals surface area contributed by atoms with Crippen molar-refractivity contribution in [2.24, 2.45) is 28.8 Å². The van der Waals surface area contributed by atoms with E-state index in [1.165, 1.54) is 12.1 Å². The molecule has 1 amide bonds. The van der Waals surface area contributed by atoms with Gasteiger partial charge in [-0.15, -0.1) is 6.58 Å². The molecule has 11 heteroatoms. The lowest BCUT2D eigenvalue weighted by atomic mass is 9.55. The van der Waals surface area contributed by atoms with Crippen LogP contribution in [0.1, 0.15) is 93.1 Å². The molecule has 1 aliphatic heterocycles. The number of pyridine rings is 1. The highest BCUT2D eigenvalue weighted by Gasteiger charge is 2.66. The Morgan fingerprint density at radius 2 is 1.84 bits per heavy atom. The number of allylic oxidation sites excluding steroid dienone is 1. The Morgan fingerprint density at radius 1 is 1.07 bits per heavy atom. The largest absolute Gasteiger partial charge is 0.487 e. The van der Waals surface area contributed by atoms with Gasteiger partial charge in [-0.3, -0.25) is 9.78 Å². The number of rotatable bonds is 20. The van der Waals surface area contributed by atoms with Crippen LogP contribution in [0.3, 0.4) is 0 Å². The van der Waals surface area contributed by atoms with Crippen molar-refractivity contribution in [1.82, 2.24) is 9.88 Å². The summed E-state index contributed by atoms with van der Waals surface area (Å²) in [7, 11) is 0. The van der Waals surface area contributed by atoms with Crippen LogP contribution in [0.2, 0.25) is 0 Å². The van der Waals surface area contributed by atoms with E-state index in [0.717, 1.165) is 72.3 Å². The summed E-state index contributed by atoms with van der Waals surface area (Å²) in [6.45, 7) is 9.18. The van der Waals surface area contributed by atoms with Gasteiger partial charge in [-0.2, -0.15) is 0 Å². The molecule has 0 spiro atoms. The quantitative estimate of drug-likeness (QED) is 0.0667. The van der Waals surface area contributed by atoms with Crippen LogP contribution >= 0.6 is 0 Å². The number of benzene rings is 2. The lowest BCUT2D eigenvalue weighted by Crippen LogP contribution is -2.70. The van der Waals surface area contributed by atoms with Crippen molar-refractivity contribution in [2.75, 3.05) is 26.4 Å². The van der Waals surface area contributed by atoms with Gasteiger partial charge in [0.15, 0.2) is 0 Å².